The highest BCUT2D eigenvalue weighted by molar-refractivity contribution is 7.19. The number of aliphatic imine (C=N–C) groups is 2. The fraction of sp³-hybridized carbons (Fsp3) is 0.0196. The first-order valence-corrected chi connectivity index (χ1v) is 21.1. The third-order valence-corrected chi connectivity index (χ3v) is 15.8. The van der Waals surface area contributed by atoms with E-state index in [4.69, 9.17) is 9.98 Å². The Bertz CT molecular complexity index is 2730. The molecule has 0 radical (unpaired) electrons. The number of benzene rings is 8. The zero-order valence-electron chi connectivity index (χ0n) is 30.7. The molecule has 5 heteroatoms. The molecule has 1 atom stereocenters. The summed E-state index contributed by atoms with van der Waals surface area (Å²) in [6, 6.07) is 78.5. The van der Waals surface area contributed by atoms with Gasteiger partial charge in [-0.2, -0.15) is 20.7 Å². The highest BCUT2D eigenvalue weighted by atomic mass is 28.3. The molecular formula is C51H38N4Si-. The largest absolute Gasteiger partial charge is 0.324 e. The van der Waals surface area contributed by atoms with Gasteiger partial charge in [-0.3, -0.25) is 0 Å². The van der Waals surface area contributed by atoms with Crippen LogP contribution >= 0.6 is 0 Å². The summed E-state index contributed by atoms with van der Waals surface area (Å²) in [6.07, 6.45) is -0.465. The Morgan fingerprint density at radius 2 is 0.839 bits per heavy atom. The van der Waals surface area contributed by atoms with Crippen LogP contribution in [-0.2, 0) is 0 Å². The Labute approximate surface area is 327 Å². The Morgan fingerprint density at radius 1 is 0.393 bits per heavy atom. The molecule has 1 N–H and O–H groups in total. The summed E-state index contributed by atoms with van der Waals surface area (Å²) in [4.78, 5) is 10.7. The van der Waals surface area contributed by atoms with E-state index in [-0.39, 0.29) is 0 Å². The Balaban J connectivity index is 1.14. The molecule has 0 bridgehead atoms. The van der Waals surface area contributed by atoms with Crippen LogP contribution in [0.3, 0.4) is 0 Å². The van der Waals surface area contributed by atoms with Crippen molar-refractivity contribution < 1.29 is 0 Å². The lowest BCUT2D eigenvalue weighted by Crippen LogP contribution is -2.74. The van der Waals surface area contributed by atoms with Crippen LogP contribution in [0.15, 0.2) is 228 Å². The molecule has 1 unspecified atom stereocenters. The van der Waals surface area contributed by atoms with Gasteiger partial charge >= 0.3 is 0 Å². The van der Waals surface area contributed by atoms with Gasteiger partial charge in [0, 0.05) is 27.6 Å². The summed E-state index contributed by atoms with van der Waals surface area (Å²) in [5, 5.41) is 11.4. The molecule has 9 aromatic rings. The van der Waals surface area contributed by atoms with Crippen molar-refractivity contribution in [1.29, 1.82) is 0 Å². The number of rotatable bonds is 8. The second kappa shape index (κ2) is 14.3. The molecule has 0 saturated heterocycles. The molecule has 1 aliphatic rings. The van der Waals surface area contributed by atoms with Gasteiger partial charge in [-0.05, 0) is 37.9 Å². The van der Waals surface area contributed by atoms with Crippen molar-refractivity contribution in [3.8, 4) is 5.69 Å². The highest BCUT2D eigenvalue weighted by Gasteiger charge is 2.29. The second-order valence-corrected chi connectivity index (χ2v) is 18.0. The lowest BCUT2D eigenvalue weighted by Gasteiger charge is -2.47. The van der Waals surface area contributed by atoms with Gasteiger partial charge in [-0.1, -0.05) is 194 Å². The molecule has 0 aliphatic carbocycles. The molecule has 0 spiro atoms. The Kier molecular flexibility index (Phi) is 8.54. The van der Waals surface area contributed by atoms with Crippen molar-refractivity contribution in [2.24, 2.45) is 9.98 Å². The van der Waals surface area contributed by atoms with Crippen LogP contribution in [0.4, 0.5) is 0 Å². The van der Waals surface area contributed by atoms with Gasteiger partial charge in [-0.15, -0.1) is 0 Å². The molecule has 0 fully saturated rings. The molecule has 2 heterocycles. The minimum Gasteiger partial charge on any atom is -0.324 e. The third-order valence-electron chi connectivity index (χ3n) is 11.0. The molecule has 10 rings (SSSR count). The molecule has 4 nitrogen and oxygen atoms in total. The van der Waals surface area contributed by atoms with Gasteiger partial charge in [0.15, 0.2) is 6.17 Å². The summed E-state index contributed by atoms with van der Waals surface area (Å²) in [7, 11) is -2.76. The van der Waals surface area contributed by atoms with Gasteiger partial charge in [0.1, 0.15) is 11.7 Å². The predicted molar refractivity (Wildman–Crippen MR) is 236 cm³/mol. The normalized spacial score (nSPS) is 14.2. The van der Waals surface area contributed by atoms with Crippen molar-refractivity contribution in [2.45, 2.75) is 6.17 Å². The topological polar surface area (TPSA) is 41.7 Å². The first-order valence-electron chi connectivity index (χ1n) is 19.1. The number of nitrogens with zero attached hydrogens (tertiary/aromatic N) is 3. The lowest BCUT2D eigenvalue weighted by molar-refractivity contribution is 0.756. The molecule has 1 aromatic heterocycles. The average Bonchev–Trinajstić information content (AvgIpc) is 3.63. The number of para-hydroxylation sites is 2. The summed E-state index contributed by atoms with van der Waals surface area (Å²) in [6.45, 7) is 0. The Morgan fingerprint density at radius 3 is 1.41 bits per heavy atom. The van der Waals surface area contributed by atoms with Crippen LogP contribution in [0.25, 0.3) is 27.5 Å². The van der Waals surface area contributed by atoms with Crippen LogP contribution in [0.5, 0.6) is 0 Å². The minimum absolute atomic E-state index is 0.465. The third kappa shape index (κ3) is 5.77. The van der Waals surface area contributed by atoms with E-state index < -0.39 is 14.2 Å². The quantitative estimate of drug-likeness (QED) is 0.123. The van der Waals surface area contributed by atoms with Crippen molar-refractivity contribution in [1.82, 2.24) is 9.88 Å². The molecule has 0 amide bonds. The predicted octanol–water partition coefficient (Wildman–Crippen LogP) is 8.66. The Hall–Kier alpha value is -7.08. The fourth-order valence-electron chi connectivity index (χ4n) is 8.48. The van der Waals surface area contributed by atoms with Gasteiger partial charge < -0.3 is 9.88 Å². The van der Waals surface area contributed by atoms with E-state index in [9.17, 15) is 0 Å². The van der Waals surface area contributed by atoms with E-state index in [1.54, 1.807) is 0 Å². The number of amidine groups is 2. The maximum Gasteiger partial charge on any atom is 0.169 e. The number of nitrogens with one attached hydrogen (secondary N) is 1. The van der Waals surface area contributed by atoms with Crippen molar-refractivity contribution in [2.75, 3.05) is 0 Å². The van der Waals surface area contributed by atoms with Gasteiger partial charge in [0.05, 0.1) is 11.0 Å². The smallest absolute Gasteiger partial charge is 0.169 e. The minimum atomic E-state index is -2.76. The molecular weight excluding hydrogens is 697 g/mol. The summed E-state index contributed by atoms with van der Waals surface area (Å²) in [5.74, 6) is 1.58. The molecule has 8 aromatic carbocycles. The second-order valence-electron chi connectivity index (χ2n) is 14.2. The van der Waals surface area contributed by atoms with Crippen LogP contribution in [-0.4, -0.2) is 24.3 Å². The SMILES string of the molecule is c1ccc(C2=NC(c3cccc([Si-](c4ccccc4)(c4ccccc4)c4ccccc4)c3)N=C(c3cccc(-n4c5ccccc5c5ccccc54)c3)N2)cc1. The first kappa shape index (κ1) is 33.5. The zero-order chi connectivity index (χ0) is 37.3. The number of hydrogen-bond donors (Lipinski definition) is 1. The van der Waals surface area contributed by atoms with Crippen molar-refractivity contribution in [3.63, 3.8) is 0 Å². The standard InChI is InChI=1S/C51H38N4Si/c1-5-19-37(20-6-1)49-52-50(38-21-17-23-40(35-38)55-47-33-15-13-31-45(47)46-32-14-16-34-48(46)55)54-51(53-49)39-22-18-30-44(36-39)56(41-24-7-2-8-25-41,42-26-9-3-10-27-42)43-28-11-4-12-29-43/h1-36,51H,(H,52,53,54)/q-1. The zero-order valence-corrected chi connectivity index (χ0v) is 31.7. The number of fused-ring (bicyclic) bond motifs is 3. The van der Waals surface area contributed by atoms with Crippen molar-refractivity contribution in [3.05, 3.63) is 235 Å². The summed E-state index contributed by atoms with van der Waals surface area (Å²) >= 11 is 0. The van der Waals surface area contributed by atoms with Gasteiger partial charge in [0.2, 0.25) is 0 Å². The molecule has 267 valence electrons. The van der Waals surface area contributed by atoms with E-state index in [1.165, 1.54) is 42.6 Å². The number of aromatic nitrogens is 1. The van der Waals surface area contributed by atoms with Crippen LogP contribution < -0.4 is 26.1 Å². The highest BCUT2D eigenvalue weighted by Crippen LogP contribution is 2.32. The van der Waals surface area contributed by atoms with E-state index in [2.05, 4.69) is 222 Å². The number of hydrogen-bond acceptors (Lipinski definition) is 3. The van der Waals surface area contributed by atoms with Crippen LogP contribution in [0.1, 0.15) is 22.9 Å². The van der Waals surface area contributed by atoms with E-state index in [1.807, 2.05) is 6.07 Å². The fourth-order valence-corrected chi connectivity index (χ4v) is 13.3. The van der Waals surface area contributed by atoms with E-state index >= 15 is 0 Å². The van der Waals surface area contributed by atoms with Crippen LogP contribution in [0, 0.1) is 0 Å². The first-order chi connectivity index (χ1) is 27.8. The van der Waals surface area contributed by atoms with Crippen LogP contribution in [0.2, 0.25) is 0 Å². The summed E-state index contributed by atoms with van der Waals surface area (Å²) in [5.41, 5.74) is 6.49. The van der Waals surface area contributed by atoms with E-state index in [0.717, 1.165) is 34.0 Å². The van der Waals surface area contributed by atoms with Gasteiger partial charge in [-0.25, -0.2) is 9.98 Å². The molecule has 56 heavy (non-hydrogen) atoms. The maximum atomic E-state index is 5.41. The van der Waals surface area contributed by atoms with Crippen molar-refractivity contribution >= 4 is 62.3 Å². The monoisotopic (exact) mass is 734 g/mol. The molecule has 0 saturated carbocycles. The average molecular weight is 735 g/mol. The summed E-state index contributed by atoms with van der Waals surface area (Å²) < 4.78 is 2.35. The molecule has 1 aliphatic heterocycles. The van der Waals surface area contributed by atoms with E-state index in [0.29, 0.717) is 0 Å². The lowest BCUT2D eigenvalue weighted by atomic mass is 10.1. The van der Waals surface area contributed by atoms with Gasteiger partial charge in [0.25, 0.3) is 0 Å². The maximum absolute atomic E-state index is 5.41.